The van der Waals surface area contributed by atoms with Crippen LogP contribution in [0.1, 0.15) is 0 Å². The Morgan fingerprint density at radius 3 is 1.80 bits per heavy atom. The smallest absolute Gasteiger partial charge is 0.180 e. The first kappa shape index (κ1) is 39.8. The Morgan fingerprint density at radius 1 is 0.329 bits per heavy atom. The molecule has 1 nitrogen and oxygen atoms in total. The van der Waals surface area contributed by atoms with Crippen LogP contribution in [0.3, 0.4) is 0 Å². The van der Waals surface area contributed by atoms with Crippen molar-refractivity contribution in [2.24, 2.45) is 0 Å². The van der Waals surface area contributed by atoms with E-state index in [1.54, 1.807) is 0 Å². The van der Waals surface area contributed by atoms with Crippen LogP contribution in [-0.4, -0.2) is 8.07 Å². The Bertz CT molecular complexity index is 4380. The van der Waals surface area contributed by atoms with Gasteiger partial charge in [0.15, 0.2) is 8.07 Å². The van der Waals surface area contributed by atoms with E-state index in [9.17, 15) is 0 Å². The van der Waals surface area contributed by atoms with Crippen LogP contribution in [0.4, 0.5) is 17.1 Å². The molecule has 3 heterocycles. The van der Waals surface area contributed by atoms with E-state index < -0.39 is 8.07 Å². The van der Waals surface area contributed by atoms with Crippen molar-refractivity contribution in [2.75, 3.05) is 4.90 Å². The third-order valence-electron chi connectivity index (χ3n) is 15.1. The summed E-state index contributed by atoms with van der Waals surface area (Å²) in [5, 5.41) is 18.8. The van der Waals surface area contributed by atoms with Crippen LogP contribution in [0.15, 0.2) is 249 Å². The topological polar surface area (TPSA) is 3.24 Å². The second kappa shape index (κ2) is 15.4. The van der Waals surface area contributed by atoms with Crippen LogP contribution in [0.25, 0.3) is 94.9 Å². The number of hydrogen-bond donors (Lipinski definition) is 0. The van der Waals surface area contributed by atoms with E-state index in [2.05, 4.69) is 254 Å². The van der Waals surface area contributed by atoms with Crippen molar-refractivity contribution in [1.82, 2.24) is 0 Å². The van der Waals surface area contributed by atoms with Crippen molar-refractivity contribution in [2.45, 2.75) is 0 Å². The fourth-order valence-electron chi connectivity index (χ4n) is 12.1. The van der Waals surface area contributed by atoms with Crippen molar-refractivity contribution in [1.29, 1.82) is 0 Å². The summed E-state index contributed by atoms with van der Waals surface area (Å²) in [4.78, 5) is 2.46. The molecule has 0 unspecified atom stereocenters. The van der Waals surface area contributed by atoms with Gasteiger partial charge in [-0.1, -0.05) is 194 Å². The zero-order valence-electron chi connectivity index (χ0n) is 37.9. The highest BCUT2D eigenvalue weighted by molar-refractivity contribution is 7.27. The third kappa shape index (κ3) is 5.76. The summed E-state index contributed by atoms with van der Waals surface area (Å²) in [5.41, 5.74) is 8.65. The molecule has 326 valence electrons. The molecule has 1 aliphatic rings. The lowest BCUT2D eigenvalue weighted by Crippen LogP contribution is -2.72. The quantitative estimate of drug-likeness (QED) is 0.119. The maximum Gasteiger partial charge on any atom is 0.180 e. The molecule has 0 saturated carbocycles. The predicted octanol–water partition coefficient (Wildman–Crippen LogP) is 16.4. The number of fused-ring (bicyclic) bond motifs is 15. The molecule has 2 aromatic heterocycles. The second-order valence-corrected chi connectivity index (χ2v) is 24.6. The molecule has 0 N–H and O–H groups in total. The van der Waals surface area contributed by atoms with Gasteiger partial charge in [0.2, 0.25) is 0 Å². The molecule has 1 aliphatic heterocycles. The molecule has 0 radical (unpaired) electrons. The zero-order valence-corrected chi connectivity index (χ0v) is 40.6. The molecule has 70 heavy (non-hydrogen) atoms. The Kier molecular flexibility index (Phi) is 8.79. The van der Waals surface area contributed by atoms with E-state index >= 15 is 0 Å². The molecular formula is C66H41NS2Si. The lowest BCUT2D eigenvalue weighted by atomic mass is 9.94. The van der Waals surface area contributed by atoms with E-state index in [1.807, 2.05) is 22.7 Å². The molecule has 0 spiro atoms. The van der Waals surface area contributed by atoms with Crippen LogP contribution in [0.2, 0.25) is 0 Å². The third-order valence-corrected chi connectivity index (χ3v) is 22.3. The zero-order chi connectivity index (χ0) is 45.9. The van der Waals surface area contributed by atoms with Crippen molar-refractivity contribution in [3.63, 3.8) is 0 Å². The van der Waals surface area contributed by atoms with Crippen LogP contribution in [0.5, 0.6) is 0 Å². The highest BCUT2D eigenvalue weighted by atomic mass is 32.1. The van der Waals surface area contributed by atoms with Crippen LogP contribution >= 0.6 is 22.7 Å². The first-order valence-electron chi connectivity index (χ1n) is 24.1. The SMILES string of the molecule is c1ccc([Si]2(c3ccccc3)c3ccccc3-c3c2ccc2ccc4sc5ccc(-c6ccc(N(c7ccc8c(ccc9ccccc98)c7)c7cccc8c7sc7ccccc78)cc6)cc5c4c32)cc1. The van der Waals surface area contributed by atoms with E-state index in [-0.39, 0.29) is 0 Å². The molecule has 0 fully saturated rings. The molecule has 0 amide bonds. The van der Waals surface area contributed by atoms with Crippen molar-refractivity contribution < 1.29 is 0 Å². The van der Waals surface area contributed by atoms with E-state index in [4.69, 9.17) is 0 Å². The van der Waals surface area contributed by atoms with Gasteiger partial charge in [0.25, 0.3) is 0 Å². The Morgan fingerprint density at radius 2 is 0.957 bits per heavy atom. The van der Waals surface area contributed by atoms with Gasteiger partial charge in [0, 0.05) is 47.0 Å². The first-order valence-corrected chi connectivity index (χ1v) is 27.7. The molecule has 4 heteroatoms. The van der Waals surface area contributed by atoms with Gasteiger partial charge in [-0.05, 0) is 130 Å². The number of rotatable bonds is 6. The normalized spacial score (nSPS) is 13.0. The standard InChI is InChI=1S/C66H41NS2Si/c1-3-15-49(16-4-1)70(50-17-5-2-6-18-50)61-25-12-10-21-55(61)65-62(70)39-32-44-30-38-60-64(63(44)65)56-41-45(31-37-59(56)68-60)42-28-33-47(34-29-42)67(57-23-13-22-54-53-20-9-11-24-58(53)69-66(54)57)48-35-36-52-46(40-48)27-26-43-14-7-8-19-51(43)52/h1-41H. The fraction of sp³-hybridized carbons (Fsp3) is 0. The number of benzene rings is 12. The summed E-state index contributed by atoms with van der Waals surface area (Å²) in [6.45, 7) is 0. The van der Waals surface area contributed by atoms with Crippen LogP contribution in [-0.2, 0) is 0 Å². The summed E-state index contributed by atoms with van der Waals surface area (Å²) in [6.07, 6.45) is 0. The average molecular weight is 940 g/mol. The number of thiophene rings is 2. The minimum absolute atomic E-state index is 1.13. The van der Waals surface area contributed by atoms with Crippen molar-refractivity contribution in [3.8, 4) is 22.3 Å². The maximum atomic E-state index is 2.47. The minimum Gasteiger partial charge on any atom is -0.309 e. The number of anilines is 3. The monoisotopic (exact) mass is 939 g/mol. The van der Waals surface area contributed by atoms with Crippen molar-refractivity contribution >= 4 is 141 Å². The first-order chi connectivity index (χ1) is 34.7. The highest BCUT2D eigenvalue weighted by Crippen LogP contribution is 2.48. The van der Waals surface area contributed by atoms with Crippen LogP contribution < -0.4 is 25.6 Å². The lowest BCUT2D eigenvalue weighted by Gasteiger charge is -2.31. The Hall–Kier alpha value is -8.12. The summed E-state index contributed by atoms with van der Waals surface area (Å²) in [6, 6.07) is 93.8. The predicted molar refractivity (Wildman–Crippen MR) is 307 cm³/mol. The summed E-state index contributed by atoms with van der Waals surface area (Å²) < 4.78 is 5.23. The number of hydrogen-bond acceptors (Lipinski definition) is 3. The van der Waals surface area contributed by atoms with Gasteiger partial charge >= 0.3 is 0 Å². The summed E-state index contributed by atoms with van der Waals surface area (Å²) in [5.74, 6) is 0. The molecule has 0 aliphatic carbocycles. The Balaban J connectivity index is 0.907. The Labute approximate surface area is 414 Å². The summed E-state index contributed by atoms with van der Waals surface area (Å²) >= 11 is 3.79. The van der Waals surface area contributed by atoms with Gasteiger partial charge in [-0.15, -0.1) is 22.7 Å². The molecule has 0 atom stereocenters. The second-order valence-electron chi connectivity index (χ2n) is 18.7. The largest absolute Gasteiger partial charge is 0.309 e. The maximum absolute atomic E-state index is 2.65. The molecule has 15 rings (SSSR count). The van der Waals surface area contributed by atoms with E-state index in [0.29, 0.717) is 0 Å². The summed E-state index contributed by atoms with van der Waals surface area (Å²) in [7, 11) is -2.65. The fourth-order valence-corrected chi connectivity index (χ4v) is 19.6. The highest BCUT2D eigenvalue weighted by Gasteiger charge is 2.49. The van der Waals surface area contributed by atoms with Gasteiger partial charge in [-0.2, -0.15) is 0 Å². The lowest BCUT2D eigenvalue weighted by molar-refractivity contribution is 1.31. The molecule has 0 saturated heterocycles. The van der Waals surface area contributed by atoms with Gasteiger partial charge < -0.3 is 4.90 Å². The average Bonchev–Trinajstić information content (AvgIpc) is 4.10. The van der Waals surface area contributed by atoms with Gasteiger partial charge in [0.05, 0.1) is 10.4 Å². The molecular weight excluding hydrogens is 899 g/mol. The molecule has 12 aromatic carbocycles. The van der Waals surface area contributed by atoms with Gasteiger partial charge in [0.1, 0.15) is 0 Å². The van der Waals surface area contributed by atoms with Crippen LogP contribution in [0, 0.1) is 0 Å². The molecule has 14 aromatic rings. The number of nitrogens with zero attached hydrogens (tertiary/aromatic N) is 1. The minimum atomic E-state index is -2.65. The van der Waals surface area contributed by atoms with Crippen molar-refractivity contribution in [3.05, 3.63) is 249 Å². The van der Waals surface area contributed by atoms with Gasteiger partial charge in [-0.25, -0.2) is 0 Å². The van der Waals surface area contributed by atoms with E-state index in [1.165, 1.54) is 121 Å². The van der Waals surface area contributed by atoms with Gasteiger partial charge in [-0.3, -0.25) is 0 Å². The molecule has 0 bridgehead atoms. The van der Waals surface area contributed by atoms with E-state index in [0.717, 1.165) is 11.4 Å².